The predicted molar refractivity (Wildman–Crippen MR) is 154 cm³/mol. The molecule has 2 atom stereocenters. The van der Waals surface area contributed by atoms with E-state index in [-0.39, 0.29) is 12.8 Å². The lowest BCUT2D eigenvalue weighted by Crippen LogP contribution is -2.46. The van der Waals surface area contributed by atoms with E-state index in [2.05, 4.69) is 24.4 Å². The van der Waals surface area contributed by atoms with Crippen LogP contribution in [0.25, 0.3) is 10.9 Å². The molecule has 0 bridgehead atoms. The summed E-state index contributed by atoms with van der Waals surface area (Å²) in [5.74, 6) is -1.74. The molecule has 0 unspecified atom stereocenters. The van der Waals surface area contributed by atoms with Gasteiger partial charge in [0.15, 0.2) is 0 Å². The molecule has 0 aliphatic heterocycles. The average molecular weight is 552 g/mol. The minimum atomic E-state index is -0.703. The van der Waals surface area contributed by atoms with E-state index in [1.165, 1.54) is 17.7 Å². The van der Waals surface area contributed by atoms with E-state index < -0.39 is 29.7 Å². The predicted octanol–water partition coefficient (Wildman–Crippen LogP) is 5.55. The smallest absolute Gasteiger partial charge is 0.312 e. The molecule has 4 rings (SSSR count). The molecule has 4 aromatic rings. The maximum Gasteiger partial charge on any atom is 0.312 e. The normalized spacial score (nSPS) is 13.0. The van der Waals surface area contributed by atoms with Crippen LogP contribution in [0.2, 0.25) is 0 Å². The number of carbonyl (C=O) groups is 1. The van der Waals surface area contributed by atoms with Gasteiger partial charge in [0.25, 0.3) is 0 Å². The molecule has 1 aromatic heterocycles. The van der Waals surface area contributed by atoms with Crippen molar-refractivity contribution in [3.63, 3.8) is 0 Å². The van der Waals surface area contributed by atoms with Gasteiger partial charge in [0, 0.05) is 53.7 Å². The van der Waals surface area contributed by atoms with E-state index in [1.54, 1.807) is 11.8 Å². The topological polar surface area (TPSA) is 69.3 Å². The Morgan fingerprint density at radius 2 is 1.74 bits per heavy atom. The number of aromatic nitrogens is 1. The first-order chi connectivity index (χ1) is 18.8. The highest BCUT2D eigenvalue weighted by Crippen LogP contribution is 2.33. The molecule has 1 heterocycles. The van der Waals surface area contributed by atoms with Gasteiger partial charge in [-0.25, -0.2) is 8.78 Å². The molecule has 39 heavy (non-hydrogen) atoms. The van der Waals surface area contributed by atoms with Crippen molar-refractivity contribution in [2.75, 3.05) is 12.8 Å². The Balaban J connectivity index is 1.50. The quantitative estimate of drug-likeness (QED) is 0.178. The number of benzene rings is 3. The molecule has 0 aliphatic rings. The number of aryl methyl sites for hydroxylation is 2. The number of esters is 1. The summed E-state index contributed by atoms with van der Waals surface area (Å²) in [6, 6.07) is 19.0. The van der Waals surface area contributed by atoms with Gasteiger partial charge < -0.3 is 20.4 Å². The Morgan fingerprint density at radius 1 is 1.03 bits per heavy atom. The molecule has 3 aromatic carbocycles. The number of thioether (sulfide) groups is 1. The fourth-order valence-corrected chi connectivity index (χ4v) is 5.75. The minimum absolute atomic E-state index is 0.0811. The molecule has 8 heteroatoms. The summed E-state index contributed by atoms with van der Waals surface area (Å²) < 4.78 is 35.6. The van der Waals surface area contributed by atoms with Gasteiger partial charge in [-0.1, -0.05) is 49.4 Å². The van der Waals surface area contributed by atoms with Crippen LogP contribution >= 0.6 is 11.8 Å². The lowest BCUT2D eigenvalue weighted by atomic mass is 10.0. The third kappa shape index (κ3) is 7.26. The zero-order valence-electron chi connectivity index (χ0n) is 22.5. The fourth-order valence-electron chi connectivity index (χ4n) is 4.92. The summed E-state index contributed by atoms with van der Waals surface area (Å²) in [4.78, 5) is 14.3. The Labute approximate surface area is 232 Å². The highest BCUT2D eigenvalue weighted by Gasteiger charge is 2.25. The van der Waals surface area contributed by atoms with Crippen LogP contribution in [-0.4, -0.2) is 35.5 Å². The summed E-state index contributed by atoms with van der Waals surface area (Å²) in [7, 11) is 1.94. The Hall–Kier alpha value is -3.20. The number of fused-ring (bicyclic) bond motifs is 1. The lowest BCUT2D eigenvalue weighted by Gasteiger charge is -2.25. The van der Waals surface area contributed by atoms with Crippen LogP contribution in [0.15, 0.2) is 71.6 Å². The number of nitrogens with zero attached hydrogens (tertiary/aromatic N) is 1. The van der Waals surface area contributed by atoms with E-state index in [1.807, 2.05) is 54.3 Å². The van der Waals surface area contributed by atoms with E-state index in [0.717, 1.165) is 39.5 Å². The second-order valence-corrected chi connectivity index (χ2v) is 10.5. The van der Waals surface area contributed by atoms with Crippen molar-refractivity contribution in [3.05, 3.63) is 101 Å². The lowest BCUT2D eigenvalue weighted by molar-refractivity contribution is -0.149. The van der Waals surface area contributed by atoms with Gasteiger partial charge in [0.2, 0.25) is 0 Å². The number of carbonyl (C=O) groups excluding carboxylic acids is 1. The molecule has 0 aliphatic carbocycles. The molecule has 0 saturated carbocycles. The van der Waals surface area contributed by atoms with Gasteiger partial charge in [0.1, 0.15) is 17.7 Å². The number of hydrogen-bond donors (Lipinski definition) is 2. The number of rotatable bonds is 12. The molecular weight excluding hydrogens is 516 g/mol. The summed E-state index contributed by atoms with van der Waals surface area (Å²) in [5.41, 5.74) is 11.2. The van der Waals surface area contributed by atoms with Crippen LogP contribution in [0.4, 0.5) is 8.78 Å². The van der Waals surface area contributed by atoms with E-state index in [4.69, 9.17) is 10.5 Å². The van der Waals surface area contributed by atoms with Crippen LogP contribution in [0, 0.1) is 11.6 Å². The van der Waals surface area contributed by atoms with Crippen LogP contribution in [0.3, 0.4) is 0 Å². The average Bonchev–Trinajstić information content (AvgIpc) is 3.18. The van der Waals surface area contributed by atoms with Crippen LogP contribution in [0.5, 0.6) is 0 Å². The first-order valence-corrected chi connectivity index (χ1v) is 14.3. The third-order valence-electron chi connectivity index (χ3n) is 6.92. The summed E-state index contributed by atoms with van der Waals surface area (Å²) >= 11 is 1.60. The molecule has 206 valence electrons. The molecule has 0 spiro atoms. The number of ether oxygens (including phenoxy) is 1. The summed E-state index contributed by atoms with van der Waals surface area (Å²) in [6.45, 7) is 2.98. The SMILES string of the molecule is CCc1cccc(CNC[C@@H](OC(=O)Cc2c(SC)c3ccccc3n2C)[C@@H](N)Cc2cc(F)cc(F)c2)c1. The van der Waals surface area contributed by atoms with Gasteiger partial charge in [-0.15, -0.1) is 11.8 Å². The highest BCUT2D eigenvalue weighted by atomic mass is 32.2. The van der Waals surface area contributed by atoms with Crippen LogP contribution < -0.4 is 11.1 Å². The Kier molecular flexibility index (Phi) is 9.78. The van der Waals surface area contributed by atoms with Gasteiger partial charge in [0.05, 0.1) is 6.42 Å². The first-order valence-electron chi connectivity index (χ1n) is 13.1. The molecule has 0 saturated heterocycles. The molecule has 0 fully saturated rings. The third-order valence-corrected chi connectivity index (χ3v) is 7.79. The van der Waals surface area contributed by atoms with E-state index >= 15 is 0 Å². The first kappa shape index (κ1) is 28.8. The van der Waals surface area contributed by atoms with Crippen molar-refractivity contribution in [2.45, 2.75) is 49.8 Å². The fraction of sp³-hybridized carbons (Fsp3) is 0.323. The van der Waals surface area contributed by atoms with Gasteiger partial charge in [-0.05, 0) is 54.0 Å². The molecule has 0 radical (unpaired) electrons. The Morgan fingerprint density at radius 3 is 2.46 bits per heavy atom. The van der Waals surface area contributed by atoms with E-state index in [0.29, 0.717) is 18.7 Å². The van der Waals surface area contributed by atoms with Gasteiger partial charge >= 0.3 is 5.97 Å². The largest absolute Gasteiger partial charge is 0.459 e. The maximum atomic E-state index is 13.8. The highest BCUT2D eigenvalue weighted by molar-refractivity contribution is 7.98. The zero-order valence-corrected chi connectivity index (χ0v) is 23.4. The summed E-state index contributed by atoms with van der Waals surface area (Å²) in [5, 5.41) is 4.44. The summed E-state index contributed by atoms with van der Waals surface area (Å²) in [6.07, 6.45) is 2.47. The zero-order chi connectivity index (χ0) is 27.9. The van der Waals surface area contributed by atoms with Gasteiger partial charge in [-0.3, -0.25) is 4.79 Å². The van der Waals surface area contributed by atoms with Gasteiger partial charge in [-0.2, -0.15) is 0 Å². The van der Waals surface area contributed by atoms with E-state index in [9.17, 15) is 13.6 Å². The standard InChI is InChI=1S/C31H35F2N3O2S/c1-4-20-8-7-9-21(12-20)18-35-19-29(26(34)15-22-13-23(32)16-24(33)14-22)38-30(37)17-28-31(39-3)25-10-5-6-11-27(25)36(28)2/h5-14,16,26,29,35H,4,15,17-19,34H2,1-3H3/t26-,29+/m0/s1. The number of halogens is 2. The van der Waals surface area contributed by atoms with Crippen LogP contribution in [-0.2, 0) is 42.4 Å². The van der Waals surface area contributed by atoms with Crippen LogP contribution in [0.1, 0.15) is 29.3 Å². The number of hydrogen-bond acceptors (Lipinski definition) is 5. The Bertz CT molecular complexity index is 1420. The van der Waals surface area contributed by atoms with Crippen molar-refractivity contribution in [3.8, 4) is 0 Å². The monoisotopic (exact) mass is 551 g/mol. The molecular formula is C31H35F2N3O2S. The molecule has 0 amide bonds. The number of nitrogens with one attached hydrogen (secondary N) is 1. The van der Waals surface area contributed by atoms with Crippen molar-refractivity contribution < 1.29 is 18.3 Å². The number of nitrogens with two attached hydrogens (primary N) is 1. The molecule has 5 nitrogen and oxygen atoms in total. The number of para-hydroxylation sites is 1. The van der Waals surface area contributed by atoms with Crippen molar-refractivity contribution in [2.24, 2.45) is 12.8 Å². The second kappa shape index (κ2) is 13.2. The van der Waals surface area contributed by atoms with Crippen molar-refractivity contribution >= 4 is 28.6 Å². The maximum absolute atomic E-state index is 13.8. The van der Waals surface area contributed by atoms with Crippen molar-refractivity contribution in [1.29, 1.82) is 0 Å². The minimum Gasteiger partial charge on any atom is -0.459 e. The molecule has 3 N–H and O–H groups in total. The van der Waals surface area contributed by atoms with Crippen molar-refractivity contribution in [1.82, 2.24) is 9.88 Å². The second-order valence-electron chi connectivity index (χ2n) is 9.71.